The van der Waals surface area contributed by atoms with Gasteiger partial charge >= 0.3 is 0 Å². The summed E-state index contributed by atoms with van der Waals surface area (Å²) in [7, 11) is 0. The molecule has 1 N–H and O–H groups in total. The van der Waals surface area contributed by atoms with E-state index in [0.29, 0.717) is 18.6 Å². The molecule has 2 rings (SSSR count). The fraction of sp³-hybridized carbons (Fsp3) is 0.538. The normalized spacial score (nSPS) is 25.8. The number of carbonyl (C=O) groups is 1. The largest absolute Gasteiger partial charge is 0.307 e. The molecule has 16 heavy (non-hydrogen) atoms. The number of Topliss-reactive ketones (excluding diaryl/α,β-unsaturated/α-hetero) is 1. The summed E-state index contributed by atoms with van der Waals surface area (Å²) in [6, 6.07) is 4.50. The number of hydrogen-bond acceptors (Lipinski definition) is 3. The summed E-state index contributed by atoms with van der Waals surface area (Å²) in [5, 5.41) is 3.46. The Labute approximate surface area is 96.3 Å². The van der Waals surface area contributed by atoms with Crippen LogP contribution in [0.2, 0.25) is 0 Å². The first-order valence-corrected chi connectivity index (χ1v) is 5.78. The second kappa shape index (κ2) is 4.34. The van der Waals surface area contributed by atoms with E-state index in [0.717, 1.165) is 17.0 Å². The van der Waals surface area contributed by atoms with Gasteiger partial charge in [-0.3, -0.25) is 9.78 Å². The summed E-state index contributed by atoms with van der Waals surface area (Å²) in [5.41, 5.74) is 3.21. The molecule has 1 fully saturated rings. The number of nitrogens with zero attached hydrogens (tertiary/aromatic N) is 1. The first-order chi connectivity index (χ1) is 7.56. The number of rotatable bonds is 1. The van der Waals surface area contributed by atoms with Gasteiger partial charge in [0.2, 0.25) is 0 Å². The lowest BCUT2D eigenvalue weighted by atomic mass is 9.92. The fourth-order valence-corrected chi connectivity index (χ4v) is 2.38. The van der Waals surface area contributed by atoms with Gasteiger partial charge in [0.25, 0.3) is 0 Å². The maximum absolute atomic E-state index is 11.6. The molecule has 1 aliphatic heterocycles. The van der Waals surface area contributed by atoms with Gasteiger partial charge in [-0.25, -0.2) is 0 Å². The lowest BCUT2D eigenvalue weighted by Crippen LogP contribution is -2.39. The van der Waals surface area contributed by atoms with Crippen molar-refractivity contribution >= 4 is 5.78 Å². The van der Waals surface area contributed by atoms with Gasteiger partial charge in [-0.2, -0.15) is 0 Å². The standard InChI is InChI=1S/C13H18N2O/c1-8-4-5-12(10(3)14-8)13-7-11(16)6-9(2)15-13/h4-5,9,13,15H,6-7H2,1-3H3. The lowest BCUT2D eigenvalue weighted by molar-refractivity contribution is -0.121. The molecule has 2 unspecified atom stereocenters. The molecule has 0 radical (unpaired) electrons. The quantitative estimate of drug-likeness (QED) is 0.784. The van der Waals surface area contributed by atoms with Crippen molar-refractivity contribution < 1.29 is 4.79 Å². The third-order valence-electron chi connectivity index (χ3n) is 3.09. The van der Waals surface area contributed by atoms with Gasteiger partial charge in [-0.1, -0.05) is 6.07 Å². The highest BCUT2D eigenvalue weighted by molar-refractivity contribution is 5.80. The highest BCUT2D eigenvalue weighted by atomic mass is 16.1. The zero-order valence-corrected chi connectivity index (χ0v) is 10.1. The molecule has 0 aliphatic carbocycles. The van der Waals surface area contributed by atoms with Crippen molar-refractivity contribution in [1.82, 2.24) is 10.3 Å². The number of aromatic nitrogens is 1. The van der Waals surface area contributed by atoms with E-state index in [9.17, 15) is 4.79 Å². The third kappa shape index (κ3) is 2.30. The topological polar surface area (TPSA) is 42.0 Å². The Kier molecular flexibility index (Phi) is 3.06. The van der Waals surface area contributed by atoms with Gasteiger partial charge in [-0.15, -0.1) is 0 Å². The van der Waals surface area contributed by atoms with E-state index < -0.39 is 0 Å². The minimum absolute atomic E-state index is 0.143. The highest BCUT2D eigenvalue weighted by Crippen LogP contribution is 2.25. The maximum Gasteiger partial charge on any atom is 0.136 e. The molecule has 0 saturated carbocycles. The minimum Gasteiger partial charge on any atom is -0.307 e. The summed E-state index contributed by atoms with van der Waals surface area (Å²) in [5.74, 6) is 0.344. The zero-order chi connectivity index (χ0) is 11.7. The summed E-state index contributed by atoms with van der Waals surface area (Å²) >= 11 is 0. The second-order valence-electron chi connectivity index (χ2n) is 4.69. The Hall–Kier alpha value is -1.22. The van der Waals surface area contributed by atoms with Crippen LogP contribution in [-0.2, 0) is 4.79 Å². The van der Waals surface area contributed by atoms with E-state index in [1.54, 1.807) is 0 Å². The van der Waals surface area contributed by atoms with E-state index in [1.807, 2.05) is 19.9 Å². The molecule has 1 aromatic heterocycles. The van der Waals surface area contributed by atoms with Crippen molar-refractivity contribution in [2.45, 2.75) is 45.7 Å². The molecule has 1 aromatic rings. The van der Waals surface area contributed by atoms with E-state index in [1.165, 1.54) is 0 Å². The predicted octanol–water partition coefficient (Wildman–Crippen LogP) is 2.08. The Morgan fingerprint density at radius 3 is 2.69 bits per heavy atom. The third-order valence-corrected chi connectivity index (χ3v) is 3.09. The number of hydrogen-bond donors (Lipinski definition) is 1. The Balaban J connectivity index is 2.26. The van der Waals surface area contributed by atoms with Gasteiger partial charge in [0.1, 0.15) is 5.78 Å². The van der Waals surface area contributed by atoms with Crippen molar-refractivity contribution in [3.8, 4) is 0 Å². The first-order valence-electron chi connectivity index (χ1n) is 5.78. The fourth-order valence-electron chi connectivity index (χ4n) is 2.38. The molecule has 2 heterocycles. The average molecular weight is 218 g/mol. The predicted molar refractivity (Wildman–Crippen MR) is 63.3 cm³/mol. The van der Waals surface area contributed by atoms with Crippen molar-refractivity contribution in [2.75, 3.05) is 0 Å². The van der Waals surface area contributed by atoms with Crippen molar-refractivity contribution in [1.29, 1.82) is 0 Å². The van der Waals surface area contributed by atoms with Crippen LogP contribution < -0.4 is 5.32 Å². The van der Waals surface area contributed by atoms with Crippen molar-refractivity contribution in [3.05, 3.63) is 29.1 Å². The Morgan fingerprint density at radius 2 is 2.06 bits per heavy atom. The van der Waals surface area contributed by atoms with Gasteiger partial charge < -0.3 is 5.32 Å². The van der Waals surface area contributed by atoms with Gasteiger partial charge in [0, 0.05) is 36.3 Å². The van der Waals surface area contributed by atoms with Crippen molar-refractivity contribution in [3.63, 3.8) is 0 Å². The molecule has 1 aliphatic rings. The van der Waals surface area contributed by atoms with Crippen LogP contribution in [0.15, 0.2) is 12.1 Å². The molecule has 0 amide bonds. The molecular weight excluding hydrogens is 200 g/mol. The summed E-state index contributed by atoms with van der Waals surface area (Å²) in [4.78, 5) is 16.0. The van der Waals surface area contributed by atoms with E-state index in [4.69, 9.17) is 0 Å². The SMILES string of the molecule is Cc1ccc(C2CC(=O)CC(C)N2)c(C)n1. The minimum atomic E-state index is 0.143. The molecule has 3 heteroatoms. The van der Waals surface area contributed by atoms with Crippen LogP contribution in [-0.4, -0.2) is 16.8 Å². The van der Waals surface area contributed by atoms with Crippen LogP contribution in [0.5, 0.6) is 0 Å². The van der Waals surface area contributed by atoms with Crippen molar-refractivity contribution in [2.24, 2.45) is 0 Å². The summed E-state index contributed by atoms with van der Waals surface area (Å²) in [6.45, 7) is 6.05. The first kappa shape index (κ1) is 11.3. The van der Waals surface area contributed by atoms with Gasteiger partial charge in [-0.05, 0) is 32.4 Å². The molecule has 3 nitrogen and oxygen atoms in total. The van der Waals surface area contributed by atoms with E-state index in [-0.39, 0.29) is 12.1 Å². The molecule has 0 bridgehead atoms. The average Bonchev–Trinajstić information content (AvgIpc) is 2.15. The molecule has 1 saturated heterocycles. The lowest BCUT2D eigenvalue weighted by Gasteiger charge is -2.29. The van der Waals surface area contributed by atoms with Crippen LogP contribution in [0.25, 0.3) is 0 Å². The van der Waals surface area contributed by atoms with Crippen LogP contribution >= 0.6 is 0 Å². The van der Waals surface area contributed by atoms with E-state index in [2.05, 4.69) is 23.3 Å². The highest BCUT2D eigenvalue weighted by Gasteiger charge is 2.26. The van der Waals surface area contributed by atoms with Gasteiger partial charge in [0.15, 0.2) is 0 Å². The smallest absolute Gasteiger partial charge is 0.136 e. The molecule has 86 valence electrons. The summed E-state index contributed by atoms with van der Waals surface area (Å²) in [6.07, 6.45) is 1.24. The zero-order valence-electron chi connectivity index (χ0n) is 10.1. The molecule has 2 atom stereocenters. The number of aryl methyl sites for hydroxylation is 2. The monoisotopic (exact) mass is 218 g/mol. The molecule has 0 aromatic carbocycles. The number of nitrogens with one attached hydrogen (secondary N) is 1. The number of pyridine rings is 1. The molecular formula is C13H18N2O. The summed E-state index contributed by atoms with van der Waals surface area (Å²) < 4.78 is 0. The number of carbonyl (C=O) groups excluding carboxylic acids is 1. The maximum atomic E-state index is 11.6. The van der Waals surface area contributed by atoms with Crippen LogP contribution in [0.1, 0.15) is 42.8 Å². The van der Waals surface area contributed by atoms with Crippen LogP contribution in [0, 0.1) is 13.8 Å². The van der Waals surface area contributed by atoms with Crippen LogP contribution in [0.3, 0.4) is 0 Å². The second-order valence-corrected chi connectivity index (χ2v) is 4.69. The van der Waals surface area contributed by atoms with E-state index >= 15 is 0 Å². The number of piperidine rings is 1. The Morgan fingerprint density at radius 1 is 1.31 bits per heavy atom. The number of ketones is 1. The molecule has 0 spiro atoms. The van der Waals surface area contributed by atoms with Gasteiger partial charge in [0.05, 0.1) is 0 Å². The Bertz CT molecular complexity index is 414. The van der Waals surface area contributed by atoms with Crippen LogP contribution in [0.4, 0.5) is 0 Å².